The SMILES string of the molecule is Cc1ccc(NC2CCCC(C(C)C)CC2)cc1. The van der Waals surface area contributed by atoms with Gasteiger partial charge in [-0.05, 0) is 50.2 Å². The van der Waals surface area contributed by atoms with Crippen molar-refractivity contribution in [3.8, 4) is 0 Å². The lowest BCUT2D eigenvalue weighted by Crippen LogP contribution is -2.18. The Hall–Kier alpha value is -0.980. The van der Waals surface area contributed by atoms with Crippen molar-refractivity contribution in [3.05, 3.63) is 29.8 Å². The number of aryl methyl sites for hydroxylation is 1. The van der Waals surface area contributed by atoms with E-state index in [1.54, 1.807) is 0 Å². The monoisotopic (exact) mass is 245 g/mol. The van der Waals surface area contributed by atoms with E-state index < -0.39 is 0 Å². The van der Waals surface area contributed by atoms with Crippen LogP contribution < -0.4 is 5.32 Å². The van der Waals surface area contributed by atoms with Crippen molar-refractivity contribution >= 4 is 5.69 Å². The van der Waals surface area contributed by atoms with E-state index in [1.165, 1.54) is 43.4 Å². The fraction of sp³-hybridized carbons (Fsp3) is 0.647. The van der Waals surface area contributed by atoms with E-state index >= 15 is 0 Å². The summed E-state index contributed by atoms with van der Waals surface area (Å²) in [5, 5.41) is 3.71. The molecule has 1 fully saturated rings. The van der Waals surface area contributed by atoms with E-state index in [0.717, 1.165) is 11.8 Å². The zero-order valence-electron chi connectivity index (χ0n) is 12.1. The molecule has 1 nitrogen and oxygen atoms in total. The third-order valence-electron chi connectivity index (χ3n) is 4.38. The molecule has 1 saturated carbocycles. The van der Waals surface area contributed by atoms with Gasteiger partial charge in [0.2, 0.25) is 0 Å². The van der Waals surface area contributed by atoms with Crippen LogP contribution in [-0.4, -0.2) is 6.04 Å². The highest BCUT2D eigenvalue weighted by Crippen LogP contribution is 2.30. The van der Waals surface area contributed by atoms with Gasteiger partial charge >= 0.3 is 0 Å². The van der Waals surface area contributed by atoms with Crippen molar-refractivity contribution < 1.29 is 0 Å². The molecule has 2 atom stereocenters. The molecule has 0 aliphatic heterocycles. The van der Waals surface area contributed by atoms with Gasteiger partial charge in [0.15, 0.2) is 0 Å². The smallest absolute Gasteiger partial charge is 0.0342 e. The average Bonchev–Trinajstić information content (AvgIpc) is 2.58. The Morgan fingerprint density at radius 2 is 1.72 bits per heavy atom. The summed E-state index contributed by atoms with van der Waals surface area (Å²) in [6, 6.07) is 9.48. The van der Waals surface area contributed by atoms with E-state index in [4.69, 9.17) is 0 Å². The topological polar surface area (TPSA) is 12.0 Å². The van der Waals surface area contributed by atoms with Crippen molar-refractivity contribution in [1.29, 1.82) is 0 Å². The quantitative estimate of drug-likeness (QED) is 0.738. The molecule has 0 heterocycles. The Morgan fingerprint density at radius 1 is 1.00 bits per heavy atom. The van der Waals surface area contributed by atoms with Gasteiger partial charge in [0.1, 0.15) is 0 Å². The van der Waals surface area contributed by atoms with Gasteiger partial charge in [0.05, 0.1) is 0 Å². The number of anilines is 1. The molecule has 2 unspecified atom stereocenters. The summed E-state index contributed by atoms with van der Waals surface area (Å²) in [4.78, 5) is 0. The normalized spacial score (nSPS) is 24.9. The molecule has 0 spiro atoms. The lowest BCUT2D eigenvalue weighted by atomic mass is 9.89. The molecule has 100 valence electrons. The molecule has 0 aromatic heterocycles. The van der Waals surface area contributed by atoms with Gasteiger partial charge in [-0.3, -0.25) is 0 Å². The minimum atomic E-state index is 0.677. The van der Waals surface area contributed by atoms with Gasteiger partial charge in [-0.25, -0.2) is 0 Å². The number of rotatable bonds is 3. The highest BCUT2D eigenvalue weighted by molar-refractivity contribution is 5.45. The highest BCUT2D eigenvalue weighted by atomic mass is 14.9. The largest absolute Gasteiger partial charge is 0.382 e. The van der Waals surface area contributed by atoms with Crippen molar-refractivity contribution in [3.63, 3.8) is 0 Å². The fourth-order valence-electron chi connectivity index (χ4n) is 3.03. The zero-order chi connectivity index (χ0) is 13.0. The Balaban J connectivity index is 1.88. The van der Waals surface area contributed by atoms with Crippen molar-refractivity contribution in [2.24, 2.45) is 11.8 Å². The summed E-state index contributed by atoms with van der Waals surface area (Å²) in [5.41, 5.74) is 2.62. The number of nitrogens with one attached hydrogen (secondary N) is 1. The second-order valence-corrected chi connectivity index (χ2v) is 6.22. The summed E-state index contributed by atoms with van der Waals surface area (Å²) >= 11 is 0. The minimum absolute atomic E-state index is 0.677. The first-order valence-electron chi connectivity index (χ1n) is 7.48. The molecule has 18 heavy (non-hydrogen) atoms. The highest BCUT2D eigenvalue weighted by Gasteiger charge is 2.20. The average molecular weight is 245 g/mol. The van der Waals surface area contributed by atoms with E-state index in [2.05, 4.69) is 50.4 Å². The second-order valence-electron chi connectivity index (χ2n) is 6.22. The third kappa shape index (κ3) is 3.76. The second kappa shape index (κ2) is 6.26. The van der Waals surface area contributed by atoms with Crippen LogP contribution in [0.1, 0.15) is 51.5 Å². The van der Waals surface area contributed by atoms with Crippen LogP contribution in [0.2, 0.25) is 0 Å². The van der Waals surface area contributed by atoms with Gasteiger partial charge < -0.3 is 5.32 Å². The molecular weight excluding hydrogens is 218 g/mol. The predicted octanol–water partition coefficient (Wildman–Crippen LogP) is 5.01. The molecule has 1 aliphatic carbocycles. The van der Waals surface area contributed by atoms with Crippen LogP contribution in [-0.2, 0) is 0 Å². The molecule has 1 aromatic carbocycles. The van der Waals surface area contributed by atoms with E-state index in [-0.39, 0.29) is 0 Å². The Kier molecular flexibility index (Phi) is 4.68. The van der Waals surface area contributed by atoms with Crippen molar-refractivity contribution in [1.82, 2.24) is 0 Å². The maximum absolute atomic E-state index is 3.71. The molecule has 1 N–H and O–H groups in total. The van der Waals surface area contributed by atoms with Crippen LogP contribution in [0.15, 0.2) is 24.3 Å². The Morgan fingerprint density at radius 3 is 2.39 bits per heavy atom. The van der Waals surface area contributed by atoms with Crippen LogP contribution >= 0.6 is 0 Å². The van der Waals surface area contributed by atoms with Gasteiger partial charge in [-0.1, -0.05) is 44.4 Å². The Bertz CT molecular complexity index is 352. The first-order valence-corrected chi connectivity index (χ1v) is 7.48. The first kappa shape index (κ1) is 13.5. The Labute approximate surface area is 112 Å². The number of benzene rings is 1. The van der Waals surface area contributed by atoms with E-state index in [1.807, 2.05) is 0 Å². The van der Waals surface area contributed by atoms with Crippen molar-refractivity contribution in [2.45, 2.75) is 58.9 Å². The molecular formula is C17H27N. The van der Waals surface area contributed by atoms with Crippen LogP contribution in [0, 0.1) is 18.8 Å². The summed E-state index contributed by atoms with van der Waals surface area (Å²) < 4.78 is 0. The standard InChI is InChI=1S/C17H27N/c1-13(2)15-5-4-6-16(12-9-15)18-17-10-7-14(3)8-11-17/h7-8,10-11,13,15-16,18H,4-6,9,12H2,1-3H3. The van der Waals surface area contributed by atoms with E-state index in [9.17, 15) is 0 Å². The van der Waals surface area contributed by atoms with Crippen molar-refractivity contribution in [2.75, 3.05) is 5.32 Å². The predicted molar refractivity (Wildman–Crippen MR) is 80.0 cm³/mol. The lowest BCUT2D eigenvalue weighted by Gasteiger charge is -2.20. The van der Waals surface area contributed by atoms with Crippen LogP contribution in [0.4, 0.5) is 5.69 Å². The maximum Gasteiger partial charge on any atom is 0.0342 e. The first-order chi connectivity index (χ1) is 8.65. The molecule has 0 saturated heterocycles. The van der Waals surface area contributed by atoms with E-state index in [0.29, 0.717) is 6.04 Å². The molecule has 1 heteroatoms. The maximum atomic E-state index is 3.71. The molecule has 0 radical (unpaired) electrons. The summed E-state index contributed by atoms with van der Waals surface area (Å²) in [5.74, 6) is 1.79. The lowest BCUT2D eigenvalue weighted by molar-refractivity contribution is 0.341. The van der Waals surface area contributed by atoms with Crippen LogP contribution in [0.3, 0.4) is 0 Å². The summed E-state index contributed by atoms with van der Waals surface area (Å²) in [7, 11) is 0. The third-order valence-corrected chi connectivity index (χ3v) is 4.38. The molecule has 0 bridgehead atoms. The zero-order valence-corrected chi connectivity index (χ0v) is 12.1. The fourth-order valence-corrected chi connectivity index (χ4v) is 3.03. The van der Waals surface area contributed by atoms with Crippen LogP contribution in [0.25, 0.3) is 0 Å². The molecule has 2 rings (SSSR count). The molecule has 1 aliphatic rings. The van der Waals surface area contributed by atoms with Gasteiger partial charge in [0, 0.05) is 11.7 Å². The number of hydrogen-bond acceptors (Lipinski definition) is 1. The molecule has 0 amide bonds. The minimum Gasteiger partial charge on any atom is -0.382 e. The molecule has 1 aromatic rings. The van der Waals surface area contributed by atoms with Gasteiger partial charge in [-0.15, -0.1) is 0 Å². The van der Waals surface area contributed by atoms with Gasteiger partial charge in [-0.2, -0.15) is 0 Å². The van der Waals surface area contributed by atoms with Crippen LogP contribution in [0.5, 0.6) is 0 Å². The summed E-state index contributed by atoms with van der Waals surface area (Å²) in [6.07, 6.45) is 6.85. The number of hydrogen-bond donors (Lipinski definition) is 1. The summed E-state index contributed by atoms with van der Waals surface area (Å²) in [6.45, 7) is 6.89. The van der Waals surface area contributed by atoms with Gasteiger partial charge in [0.25, 0.3) is 0 Å².